The van der Waals surface area contributed by atoms with E-state index in [1.807, 2.05) is 45.0 Å². The van der Waals surface area contributed by atoms with Crippen LogP contribution in [0.4, 0.5) is 0 Å². The highest BCUT2D eigenvalue weighted by Gasteiger charge is 2.29. The fraction of sp³-hybridized carbons (Fsp3) is 0.391. The van der Waals surface area contributed by atoms with Crippen LogP contribution in [-0.4, -0.2) is 35.4 Å². The lowest BCUT2D eigenvalue weighted by Crippen LogP contribution is -2.51. The molecule has 0 unspecified atom stereocenters. The average molecular weight is 577 g/mol. The molecular formula is C23H27Cl2IN2O3. The Morgan fingerprint density at radius 2 is 1.74 bits per heavy atom. The SMILES string of the molecule is CC[C@H](C(=O)N[C@@H](C)CC)N(Cc1ccc(Cl)c(Cl)c1)C(=O)COc1ccc(I)cc1. The minimum Gasteiger partial charge on any atom is -0.484 e. The second kappa shape index (κ2) is 12.5. The summed E-state index contributed by atoms with van der Waals surface area (Å²) in [4.78, 5) is 27.6. The van der Waals surface area contributed by atoms with Crippen molar-refractivity contribution in [1.82, 2.24) is 10.2 Å². The molecule has 0 fully saturated rings. The molecule has 0 radical (unpaired) electrons. The normalized spacial score (nSPS) is 12.7. The predicted molar refractivity (Wildman–Crippen MR) is 134 cm³/mol. The van der Waals surface area contributed by atoms with Crippen molar-refractivity contribution < 1.29 is 14.3 Å². The smallest absolute Gasteiger partial charge is 0.261 e. The number of ether oxygens (including phenoxy) is 1. The third-order valence-electron chi connectivity index (χ3n) is 4.90. The first kappa shape index (κ1) is 25.7. The van der Waals surface area contributed by atoms with E-state index in [0.29, 0.717) is 22.2 Å². The Hall–Kier alpha value is -1.51. The van der Waals surface area contributed by atoms with Crippen LogP contribution >= 0.6 is 45.8 Å². The Kier molecular flexibility index (Phi) is 10.4. The van der Waals surface area contributed by atoms with Gasteiger partial charge in [0.25, 0.3) is 5.91 Å². The third-order valence-corrected chi connectivity index (χ3v) is 6.36. The molecule has 0 bridgehead atoms. The average Bonchev–Trinajstić information content (AvgIpc) is 2.75. The van der Waals surface area contributed by atoms with Crippen LogP contribution in [0.1, 0.15) is 39.2 Å². The van der Waals surface area contributed by atoms with Crippen molar-refractivity contribution in [1.29, 1.82) is 0 Å². The van der Waals surface area contributed by atoms with Crippen LogP contribution in [0.15, 0.2) is 42.5 Å². The van der Waals surface area contributed by atoms with E-state index in [0.717, 1.165) is 15.6 Å². The standard InChI is InChI=1S/C23H27Cl2IN2O3/c1-4-15(3)27-23(30)21(5-2)28(13-16-6-11-19(24)20(25)12-16)22(29)14-31-18-9-7-17(26)8-10-18/h6-12,15,21H,4-5,13-14H2,1-3H3,(H,27,30)/t15-,21+/m0/s1. The van der Waals surface area contributed by atoms with E-state index in [2.05, 4.69) is 27.9 Å². The van der Waals surface area contributed by atoms with Crippen LogP contribution in [0.3, 0.4) is 0 Å². The van der Waals surface area contributed by atoms with E-state index in [1.165, 1.54) is 0 Å². The molecule has 0 saturated heterocycles. The summed E-state index contributed by atoms with van der Waals surface area (Å²) in [5.41, 5.74) is 0.784. The summed E-state index contributed by atoms with van der Waals surface area (Å²) >= 11 is 14.4. The Labute approximate surface area is 207 Å². The molecule has 2 aromatic carbocycles. The van der Waals surface area contributed by atoms with Gasteiger partial charge in [-0.05, 0) is 84.3 Å². The van der Waals surface area contributed by atoms with Gasteiger partial charge in [-0.2, -0.15) is 0 Å². The number of hydrogen-bond donors (Lipinski definition) is 1. The maximum Gasteiger partial charge on any atom is 0.261 e. The number of hydrogen-bond acceptors (Lipinski definition) is 3. The van der Waals surface area contributed by atoms with Crippen molar-refractivity contribution in [3.8, 4) is 5.75 Å². The lowest BCUT2D eigenvalue weighted by Gasteiger charge is -2.31. The van der Waals surface area contributed by atoms with Gasteiger partial charge >= 0.3 is 0 Å². The number of nitrogens with one attached hydrogen (secondary N) is 1. The van der Waals surface area contributed by atoms with Gasteiger partial charge in [0.1, 0.15) is 11.8 Å². The van der Waals surface area contributed by atoms with Crippen molar-refractivity contribution >= 4 is 57.6 Å². The van der Waals surface area contributed by atoms with Crippen LogP contribution in [-0.2, 0) is 16.1 Å². The molecule has 0 aliphatic rings. The van der Waals surface area contributed by atoms with Gasteiger partial charge < -0.3 is 15.0 Å². The molecule has 8 heteroatoms. The number of carbonyl (C=O) groups is 2. The summed E-state index contributed by atoms with van der Waals surface area (Å²) in [5.74, 6) is 0.135. The second-order valence-corrected chi connectivity index (χ2v) is 9.31. The van der Waals surface area contributed by atoms with Crippen LogP contribution in [0.2, 0.25) is 10.0 Å². The lowest BCUT2D eigenvalue weighted by atomic mass is 10.1. The number of halogens is 3. The number of amides is 2. The summed E-state index contributed by atoms with van der Waals surface area (Å²) in [7, 11) is 0. The van der Waals surface area contributed by atoms with Gasteiger partial charge in [-0.3, -0.25) is 9.59 Å². The molecule has 2 rings (SSSR count). The van der Waals surface area contributed by atoms with E-state index in [9.17, 15) is 9.59 Å². The third kappa shape index (κ3) is 7.84. The van der Waals surface area contributed by atoms with Crippen molar-refractivity contribution in [2.75, 3.05) is 6.61 Å². The Morgan fingerprint density at radius 3 is 2.32 bits per heavy atom. The monoisotopic (exact) mass is 576 g/mol. The zero-order chi connectivity index (χ0) is 23.0. The van der Waals surface area contributed by atoms with Gasteiger partial charge in [-0.1, -0.05) is 43.1 Å². The van der Waals surface area contributed by atoms with Crippen LogP contribution in [0.5, 0.6) is 5.75 Å². The van der Waals surface area contributed by atoms with Crippen molar-refractivity contribution in [3.05, 3.63) is 61.6 Å². The molecule has 0 heterocycles. The van der Waals surface area contributed by atoms with Crippen LogP contribution in [0, 0.1) is 3.57 Å². The quantitative estimate of drug-likeness (QED) is 0.369. The molecule has 1 N–H and O–H groups in total. The van der Waals surface area contributed by atoms with E-state index < -0.39 is 6.04 Å². The first-order valence-electron chi connectivity index (χ1n) is 10.2. The van der Waals surface area contributed by atoms with E-state index >= 15 is 0 Å². The van der Waals surface area contributed by atoms with E-state index in [1.54, 1.807) is 23.1 Å². The summed E-state index contributed by atoms with van der Waals surface area (Å²) in [6.45, 7) is 5.87. The Morgan fingerprint density at radius 1 is 1.06 bits per heavy atom. The maximum atomic E-state index is 13.2. The summed E-state index contributed by atoms with van der Waals surface area (Å²) in [6, 6.07) is 12.0. The Bertz CT molecular complexity index is 893. The molecule has 2 amide bonds. The van der Waals surface area contributed by atoms with Gasteiger partial charge in [0.15, 0.2) is 6.61 Å². The van der Waals surface area contributed by atoms with Gasteiger partial charge in [-0.15, -0.1) is 0 Å². The fourth-order valence-corrected chi connectivity index (χ4v) is 3.63. The second-order valence-electron chi connectivity index (χ2n) is 7.25. The van der Waals surface area contributed by atoms with Crippen molar-refractivity contribution in [3.63, 3.8) is 0 Å². The van der Waals surface area contributed by atoms with Crippen molar-refractivity contribution in [2.45, 2.75) is 52.2 Å². The number of nitrogens with zero attached hydrogens (tertiary/aromatic N) is 1. The minimum absolute atomic E-state index is 0.0199. The van der Waals surface area contributed by atoms with Gasteiger partial charge in [0, 0.05) is 16.2 Å². The van der Waals surface area contributed by atoms with Gasteiger partial charge in [0.2, 0.25) is 5.91 Å². The molecule has 0 saturated carbocycles. The highest BCUT2D eigenvalue weighted by atomic mass is 127. The number of benzene rings is 2. The summed E-state index contributed by atoms with van der Waals surface area (Å²) < 4.78 is 6.76. The molecule has 0 aromatic heterocycles. The molecule has 31 heavy (non-hydrogen) atoms. The lowest BCUT2D eigenvalue weighted by molar-refractivity contribution is -0.143. The topological polar surface area (TPSA) is 58.6 Å². The largest absolute Gasteiger partial charge is 0.484 e. The minimum atomic E-state index is -0.628. The number of carbonyl (C=O) groups excluding carboxylic acids is 2. The van der Waals surface area contributed by atoms with E-state index in [-0.39, 0.29) is 31.0 Å². The van der Waals surface area contributed by atoms with Gasteiger partial charge in [0.05, 0.1) is 10.0 Å². The molecule has 2 atom stereocenters. The molecule has 168 valence electrons. The zero-order valence-corrected chi connectivity index (χ0v) is 21.5. The molecule has 0 aliphatic carbocycles. The van der Waals surface area contributed by atoms with Gasteiger partial charge in [-0.25, -0.2) is 0 Å². The summed E-state index contributed by atoms with van der Waals surface area (Å²) in [5, 5.41) is 3.82. The highest BCUT2D eigenvalue weighted by Crippen LogP contribution is 2.24. The molecule has 0 aliphatic heterocycles. The Balaban J connectivity index is 2.23. The fourth-order valence-electron chi connectivity index (χ4n) is 2.95. The zero-order valence-electron chi connectivity index (χ0n) is 17.8. The summed E-state index contributed by atoms with van der Waals surface area (Å²) in [6.07, 6.45) is 1.28. The first-order valence-corrected chi connectivity index (χ1v) is 12.0. The predicted octanol–water partition coefficient (Wildman–Crippen LogP) is 5.70. The molecule has 2 aromatic rings. The van der Waals surface area contributed by atoms with E-state index in [4.69, 9.17) is 27.9 Å². The first-order chi connectivity index (χ1) is 14.7. The molecule has 5 nitrogen and oxygen atoms in total. The van der Waals surface area contributed by atoms with Crippen LogP contribution < -0.4 is 10.1 Å². The van der Waals surface area contributed by atoms with Crippen LogP contribution in [0.25, 0.3) is 0 Å². The number of rotatable bonds is 10. The molecule has 0 spiro atoms. The molecular weight excluding hydrogens is 550 g/mol. The van der Waals surface area contributed by atoms with Crippen molar-refractivity contribution in [2.24, 2.45) is 0 Å². The maximum absolute atomic E-state index is 13.2. The highest BCUT2D eigenvalue weighted by molar-refractivity contribution is 14.1.